The number of benzene rings is 2. The van der Waals surface area contributed by atoms with E-state index >= 15 is 0 Å². The van der Waals surface area contributed by atoms with Gasteiger partial charge in [-0.1, -0.05) is 48.5 Å². The predicted octanol–water partition coefficient (Wildman–Crippen LogP) is 4.59. The Bertz CT molecular complexity index is 1060. The highest BCUT2D eigenvalue weighted by atomic mass is 32.1. The summed E-state index contributed by atoms with van der Waals surface area (Å²) in [7, 11) is 1.26. The second-order valence-electron chi connectivity index (χ2n) is 6.68. The number of ether oxygens (including phenoxy) is 1. The predicted molar refractivity (Wildman–Crippen MR) is 117 cm³/mol. The number of thiophene rings is 1. The summed E-state index contributed by atoms with van der Waals surface area (Å²) in [5, 5.41) is 5.97. The van der Waals surface area contributed by atoms with E-state index in [0.29, 0.717) is 16.0 Å². The molecule has 3 rings (SSSR count). The van der Waals surface area contributed by atoms with Crippen molar-refractivity contribution in [2.24, 2.45) is 0 Å². The zero-order valence-corrected chi connectivity index (χ0v) is 17.7. The summed E-state index contributed by atoms with van der Waals surface area (Å²) in [6, 6.07) is 18.0. The van der Waals surface area contributed by atoms with Gasteiger partial charge in [-0.3, -0.25) is 9.59 Å². The van der Waals surface area contributed by atoms with E-state index in [4.69, 9.17) is 4.74 Å². The Morgan fingerprint density at radius 3 is 2.13 bits per heavy atom. The van der Waals surface area contributed by atoms with E-state index in [0.717, 1.165) is 16.9 Å². The van der Waals surface area contributed by atoms with Crippen molar-refractivity contribution in [1.29, 1.82) is 0 Å². The number of carbonyl (C=O) groups excluding carboxylic acids is 3. The van der Waals surface area contributed by atoms with Crippen molar-refractivity contribution < 1.29 is 19.1 Å². The standard InChI is InChI=1S/C23H22N2O4S/c1-14-18(23(28)29-3)22(25-20(26)17-12-8-5-9-13-17)30-19(14)21(27)24-15(2)16-10-6-4-7-11-16/h4-13,15H,1-3H3,(H,24,27)(H,25,26). The summed E-state index contributed by atoms with van der Waals surface area (Å²) in [4.78, 5) is 38.2. The lowest BCUT2D eigenvalue weighted by atomic mass is 10.1. The number of anilines is 1. The number of amides is 2. The largest absolute Gasteiger partial charge is 0.465 e. The van der Waals surface area contributed by atoms with Gasteiger partial charge in [0.2, 0.25) is 0 Å². The van der Waals surface area contributed by atoms with Crippen molar-refractivity contribution in [3.8, 4) is 0 Å². The molecule has 30 heavy (non-hydrogen) atoms. The summed E-state index contributed by atoms with van der Waals surface area (Å²) in [6.45, 7) is 3.55. The maximum absolute atomic E-state index is 12.9. The molecule has 0 saturated heterocycles. The zero-order valence-electron chi connectivity index (χ0n) is 16.9. The van der Waals surface area contributed by atoms with Crippen LogP contribution in [-0.2, 0) is 4.74 Å². The van der Waals surface area contributed by atoms with Crippen LogP contribution in [0.2, 0.25) is 0 Å². The first kappa shape index (κ1) is 21.3. The molecule has 2 amide bonds. The third-order valence-corrected chi connectivity index (χ3v) is 5.86. The number of nitrogens with one attached hydrogen (secondary N) is 2. The van der Waals surface area contributed by atoms with E-state index in [-0.39, 0.29) is 28.4 Å². The van der Waals surface area contributed by atoms with E-state index in [1.807, 2.05) is 43.3 Å². The van der Waals surface area contributed by atoms with Gasteiger partial charge in [0.25, 0.3) is 11.8 Å². The minimum atomic E-state index is -0.609. The van der Waals surface area contributed by atoms with E-state index in [1.54, 1.807) is 31.2 Å². The van der Waals surface area contributed by atoms with Crippen LogP contribution in [0.15, 0.2) is 60.7 Å². The molecule has 0 spiro atoms. The van der Waals surface area contributed by atoms with Gasteiger partial charge in [0.15, 0.2) is 0 Å². The molecule has 1 atom stereocenters. The van der Waals surface area contributed by atoms with Crippen molar-refractivity contribution in [1.82, 2.24) is 5.32 Å². The summed E-state index contributed by atoms with van der Waals surface area (Å²) in [5.74, 6) is -1.30. The molecule has 7 heteroatoms. The highest BCUT2D eigenvalue weighted by molar-refractivity contribution is 7.18. The molecule has 1 aromatic heterocycles. The summed E-state index contributed by atoms with van der Waals surface area (Å²) in [5.41, 5.74) is 2.06. The van der Waals surface area contributed by atoms with Crippen molar-refractivity contribution in [2.75, 3.05) is 12.4 Å². The van der Waals surface area contributed by atoms with Crippen LogP contribution in [0, 0.1) is 6.92 Å². The fourth-order valence-electron chi connectivity index (χ4n) is 3.02. The molecule has 0 radical (unpaired) electrons. The molecule has 1 unspecified atom stereocenters. The van der Waals surface area contributed by atoms with Gasteiger partial charge in [-0.15, -0.1) is 11.3 Å². The van der Waals surface area contributed by atoms with Crippen LogP contribution in [0.3, 0.4) is 0 Å². The average Bonchev–Trinajstić information content (AvgIpc) is 3.10. The first-order valence-electron chi connectivity index (χ1n) is 9.36. The van der Waals surface area contributed by atoms with Gasteiger partial charge < -0.3 is 15.4 Å². The molecule has 0 aliphatic rings. The Kier molecular flexibility index (Phi) is 6.64. The third-order valence-electron chi connectivity index (χ3n) is 4.65. The second-order valence-corrected chi connectivity index (χ2v) is 7.70. The van der Waals surface area contributed by atoms with Gasteiger partial charge in [0, 0.05) is 5.56 Å². The highest BCUT2D eigenvalue weighted by Crippen LogP contribution is 2.34. The van der Waals surface area contributed by atoms with Crippen LogP contribution < -0.4 is 10.6 Å². The molecule has 1 heterocycles. The molecule has 0 saturated carbocycles. The molecule has 154 valence electrons. The van der Waals surface area contributed by atoms with Crippen molar-refractivity contribution in [2.45, 2.75) is 19.9 Å². The minimum Gasteiger partial charge on any atom is -0.465 e. The lowest BCUT2D eigenvalue weighted by Crippen LogP contribution is -2.26. The van der Waals surface area contributed by atoms with Gasteiger partial charge in [-0.2, -0.15) is 0 Å². The first-order chi connectivity index (χ1) is 14.4. The lowest BCUT2D eigenvalue weighted by molar-refractivity contribution is 0.0601. The SMILES string of the molecule is COC(=O)c1c(NC(=O)c2ccccc2)sc(C(=O)NC(C)c2ccccc2)c1C. The zero-order chi connectivity index (χ0) is 21.7. The first-order valence-corrected chi connectivity index (χ1v) is 10.2. The van der Waals surface area contributed by atoms with Crippen LogP contribution in [0.1, 0.15) is 54.5 Å². The highest BCUT2D eigenvalue weighted by Gasteiger charge is 2.27. The smallest absolute Gasteiger partial charge is 0.341 e. The molecule has 0 aliphatic heterocycles. The number of esters is 1. The molecule has 2 N–H and O–H groups in total. The topological polar surface area (TPSA) is 84.5 Å². The van der Waals surface area contributed by atoms with Gasteiger partial charge in [0.1, 0.15) is 5.00 Å². The minimum absolute atomic E-state index is 0.185. The Hall–Kier alpha value is -3.45. The molecule has 6 nitrogen and oxygen atoms in total. The fraction of sp³-hybridized carbons (Fsp3) is 0.174. The Morgan fingerprint density at radius 1 is 0.933 bits per heavy atom. The van der Waals surface area contributed by atoms with Crippen LogP contribution in [0.25, 0.3) is 0 Å². The van der Waals surface area contributed by atoms with Crippen molar-refractivity contribution >= 4 is 34.1 Å². The van der Waals surface area contributed by atoms with Crippen molar-refractivity contribution in [3.05, 3.63) is 87.8 Å². The molecule has 2 aromatic carbocycles. The number of carbonyl (C=O) groups is 3. The quantitative estimate of drug-likeness (QED) is 0.569. The normalized spacial score (nSPS) is 11.4. The maximum atomic E-state index is 12.9. The fourth-order valence-corrected chi connectivity index (χ4v) is 4.11. The van der Waals surface area contributed by atoms with Crippen LogP contribution in [0.4, 0.5) is 5.00 Å². The number of rotatable bonds is 6. The van der Waals surface area contributed by atoms with Gasteiger partial charge in [-0.05, 0) is 37.1 Å². The monoisotopic (exact) mass is 422 g/mol. The lowest BCUT2D eigenvalue weighted by Gasteiger charge is -2.14. The van der Waals surface area contributed by atoms with Crippen LogP contribution in [0.5, 0.6) is 0 Å². The van der Waals surface area contributed by atoms with Gasteiger partial charge in [0.05, 0.1) is 23.6 Å². The van der Waals surface area contributed by atoms with E-state index in [1.165, 1.54) is 7.11 Å². The molecular formula is C23H22N2O4S. The Balaban J connectivity index is 1.89. The molecule has 0 fully saturated rings. The third kappa shape index (κ3) is 4.58. The Morgan fingerprint density at radius 2 is 1.53 bits per heavy atom. The summed E-state index contributed by atoms with van der Waals surface area (Å²) >= 11 is 1.05. The van der Waals surface area contributed by atoms with E-state index < -0.39 is 5.97 Å². The van der Waals surface area contributed by atoms with Crippen molar-refractivity contribution in [3.63, 3.8) is 0 Å². The summed E-state index contributed by atoms with van der Waals surface area (Å²) < 4.78 is 4.87. The number of hydrogen-bond donors (Lipinski definition) is 2. The van der Waals surface area contributed by atoms with E-state index in [9.17, 15) is 14.4 Å². The molecule has 3 aromatic rings. The van der Waals surface area contributed by atoms with Gasteiger partial charge >= 0.3 is 5.97 Å². The summed E-state index contributed by atoms with van der Waals surface area (Å²) in [6.07, 6.45) is 0. The van der Waals surface area contributed by atoms with E-state index in [2.05, 4.69) is 10.6 Å². The molecular weight excluding hydrogens is 400 g/mol. The number of hydrogen-bond acceptors (Lipinski definition) is 5. The van der Waals surface area contributed by atoms with Gasteiger partial charge in [-0.25, -0.2) is 4.79 Å². The average molecular weight is 423 g/mol. The van der Waals surface area contributed by atoms with Crippen LogP contribution in [-0.4, -0.2) is 24.9 Å². The maximum Gasteiger partial charge on any atom is 0.341 e. The molecule has 0 bridgehead atoms. The second kappa shape index (κ2) is 9.37. The molecule has 0 aliphatic carbocycles. The Labute approximate surface area is 178 Å². The number of methoxy groups -OCH3 is 1. The van der Waals surface area contributed by atoms with Crippen LogP contribution >= 0.6 is 11.3 Å².